The van der Waals surface area contributed by atoms with E-state index in [4.69, 9.17) is 37.0 Å². The molecule has 546 valence electrons. The monoisotopic (exact) mass is 1350 g/mol. The van der Waals surface area contributed by atoms with Crippen LogP contribution in [0.1, 0.15) is 375 Å². The van der Waals surface area contributed by atoms with E-state index in [0.717, 1.165) is 102 Å². The molecule has 0 aromatic carbocycles. The number of phosphoric acid groups is 2. The fourth-order valence-electron chi connectivity index (χ4n) is 11.1. The van der Waals surface area contributed by atoms with Crippen LogP contribution < -0.4 is 0 Å². The fourth-order valence-corrected chi connectivity index (χ4v) is 12.7. The summed E-state index contributed by atoms with van der Waals surface area (Å²) in [6.45, 7) is 9.55. The van der Waals surface area contributed by atoms with Crippen molar-refractivity contribution in [2.75, 3.05) is 39.6 Å². The molecule has 0 aliphatic rings. The number of phosphoric ester groups is 2. The maximum Gasteiger partial charge on any atom is 0.472 e. The molecule has 0 aliphatic carbocycles. The van der Waals surface area contributed by atoms with Crippen molar-refractivity contribution in [1.82, 2.24) is 0 Å². The first-order valence-corrected chi connectivity index (χ1v) is 41.0. The van der Waals surface area contributed by atoms with E-state index < -0.39 is 97.5 Å². The van der Waals surface area contributed by atoms with E-state index in [2.05, 4.69) is 41.5 Å². The average molecular weight is 1350 g/mol. The van der Waals surface area contributed by atoms with Crippen molar-refractivity contribution in [3.63, 3.8) is 0 Å². The molecule has 5 atom stereocenters. The number of carbonyl (C=O) groups is 4. The zero-order valence-electron chi connectivity index (χ0n) is 59.9. The van der Waals surface area contributed by atoms with E-state index in [1.54, 1.807) is 0 Å². The molecule has 0 amide bonds. The number of unbranched alkanes of at least 4 members (excludes halogenated alkanes) is 42. The Morgan fingerprint density at radius 3 is 0.739 bits per heavy atom. The molecule has 92 heavy (non-hydrogen) atoms. The molecule has 3 N–H and O–H groups in total. The lowest BCUT2D eigenvalue weighted by molar-refractivity contribution is -0.161. The van der Waals surface area contributed by atoms with E-state index in [-0.39, 0.29) is 25.7 Å². The average Bonchev–Trinajstić information content (AvgIpc) is 1.49. The van der Waals surface area contributed by atoms with E-state index in [1.165, 1.54) is 193 Å². The maximum atomic E-state index is 13.1. The van der Waals surface area contributed by atoms with Gasteiger partial charge in [-0.1, -0.05) is 324 Å². The molecule has 0 heterocycles. The smallest absolute Gasteiger partial charge is 0.462 e. The summed E-state index contributed by atoms with van der Waals surface area (Å²) in [5.74, 6) is -0.611. The SMILES string of the molecule is CCCCCCCCCCCCCCCCCCC(=O)O[C@H](COC(=O)CCCCCCCCCCCCCC(C)C)COP(=O)(O)OC[C@@H](O)COP(=O)(O)OC[C@@H](COC(=O)CCCCCCCCCCCC)OC(=O)CCCCCCCCCCCC(C)C. The second-order valence-corrected chi connectivity index (χ2v) is 30.2. The number of carbonyl (C=O) groups excluding carboxylic acids is 4. The molecule has 0 saturated carbocycles. The topological polar surface area (TPSA) is 237 Å². The molecule has 0 rings (SSSR count). The Hall–Kier alpha value is -1.94. The van der Waals surface area contributed by atoms with Crippen LogP contribution in [0, 0.1) is 11.8 Å². The Morgan fingerprint density at radius 2 is 0.500 bits per heavy atom. The van der Waals surface area contributed by atoms with E-state index in [0.29, 0.717) is 25.7 Å². The van der Waals surface area contributed by atoms with Gasteiger partial charge in [0, 0.05) is 25.7 Å². The highest BCUT2D eigenvalue weighted by Crippen LogP contribution is 2.45. The molecule has 0 fully saturated rings. The van der Waals surface area contributed by atoms with Crippen molar-refractivity contribution in [1.29, 1.82) is 0 Å². The fraction of sp³-hybridized carbons (Fsp3) is 0.945. The minimum absolute atomic E-state index is 0.105. The van der Waals surface area contributed by atoms with Gasteiger partial charge < -0.3 is 33.8 Å². The molecule has 0 spiro atoms. The number of rotatable bonds is 72. The second-order valence-electron chi connectivity index (χ2n) is 27.3. The van der Waals surface area contributed by atoms with Gasteiger partial charge in [0.05, 0.1) is 26.4 Å². The first kappa shape index (κ1) is 90.1. The molecular weight excluding hydrogens is 1210 g/mol. The predicted octanol–water partition coefficient (Wildman–Crippen LogP) is 21.2. The van der Waals surface area contributed by atoms with Gasteiger partial charge in [0.15, 0.2) is 12.2 Å². The Bertz CT molecular complexity index is 1790. The van der Waals surface area contributed by atoms with Gasteiger partial charge in [0.25, 0.3) is 0 Å². The second kappa shape index (κ2) is 65.0. The van der Waals surface area contributed by atoms with Crippen LogP contribution in [-0.2, 0) is 65.4 Å². The van der Waals surface area contributed by atoms with Gasteiger partial charge in [-0.2, -0.15) is 0 Å². The lowest BCUT2D eigenvalue weighted by Gasteiger charge is -2.21. The quantitative estimate of drug-likeness (QED) is 0.0222. The van der Waals surface area contributed by atoms with Crippen LogP contribution in [0.5, 0.6) is 0 Å². The zero-order chi connectivity index (χ0) is 67.9. The molecule has 0 aromatic heterocycles. The minimum Gasteiger partial charge on any atom is -0.462 e. The molecule has 2 unspecified atom stereocenters. The molecular formula is C73H142O17P2. The summed E-state index contributed by atoms with van der Waals surface area (Å²) in [6.07, 6.45) is 51.2. The predicted molar refractivity (Wildman–Crippen MR) is 372 cm³/mol. The molecule has 0 saturated heterocycles. The van der Waals surface area contributed by atoms with Gasteiger partial charge >= 0.3 is 39.5 Å². The van der Waals surface area contributed by atoms with Gasteiger partial charge in [0.2, 0.25) is 0 Å². The molecule has 0 radical (unpaired) electrons. The summed E-state index contributed by atoms with van der Waals surface area (Å²) >= 11 is 0. The van der Waals surface area contributed by atoms with Crippen molar-refractivity contribution in [3.05, 3.63) is 0 Å². The summed E-state index contributed by atoms with van der Waals surface area (Å²) in [6, 6.07) is 0. The Balaban J connectivity index is 5.25. The summed E-state index contributed by atoms with van der Waals surface area (Å²) < 4.78 is 68.4. The van der Waals surface area contributed by atoms with Gasteiger partial charge in [-0.05, 0) is 37.5 Å². The van der Waals surface area contributed by atoms with Crippen LogP contribution in [0.2, 0.25) is 0 Å². The zero-order valence-corrected chi connectivity index (χ0v) is 61.6. The summed E-state index contributed by atoms with van der Waals surface area (Å²) in [7, 11) is -9.90. The highest BCUT2D eigenvalue weighted by molar-refractivity contribution is 7.47. The summed E-state index contributed by atoms with van der Waals surface area (Å²) in [4.78, 5) is 72.7. The van der Waals surface area contributed by atoms with Crippen LogP contribution in [0.4, 0.5) is 0 Å². The molecule has 0 aromatic rings. The third-order valence-corrected chi connectivity index (χ3v) is 18.9. The lowest BCUT2D eigenvalue weighted by Crippen LogP contribution is -2.30. The van der Waals surface area contributed by atoms with Crippen LogP contribution in [0.15, 0.2) is 0 Å². The number of hydrogen-bond donors (Lipinski definition) is 3. The number of ether oxygens (including phenoxy) is 4. The van der Waals surface area contributed by atoms with Crippen molar-refractivity contribution in [2.24, 2.45) is 11.8 Å². The van der Waals surface area contributed by atoms with Gasteiger partial charge in [-0.3, -0.25) is 37.3 Å². The van der Waals surface area contributed by atoms with Crippen molar-refractivity contribution in [2.45, 2.75) is 394 Å². The number of hydrogen-bond acceptors (Lipinski definition) is 15. The lowest BCUT2D eigenvalue weighted by atomic mass is 10.0. The van der Waals surface area contributed by atoms with Crippen LogP contribution in [-0.4, -0.2) is 96.7 Å². The van der Waals surface area contributed by atoms with Gasteiger partial charge in [-0.25, -0.2) is 9.13 Å². The van der Waals surface area contributed by atoms with Crippen molar-refractivity contribution in [3.8, 4) is 0 Å². The Kier molecular flexibility index (Phi) is 63.7. The summed E-state index contributed by atoms with van der Waals surface area (Å²) in [5.41, 5.74) is 0. The first-order valence-electron chi connectivity index (χ1n) is 38.0. The third kappa shape index (κ3) is 66.7. The highest BCUT2D eigenvalue weighted by atomic mass is 31.2. The molecule has 17 nitrogen and oxygen atoms in total. The third-order valence-electron chi connectivity index (χ3n) is 17.0. The van der Waals surface area contributed by atoms with Crippen LogP contribution >= 0.6 is 15.6 Å². The van der Waals surface area contributed by atoms with E-state index in [9.17, 15) is 43.2 Å². The normalized spacial score (nSPS) is 14.1. The maximum absolute atomic E-state index is 13.1. The number of esters is 4. The molecule has 19 heteroatoms. The van der Waals surface area contributed by atoms with Crippen molar-refractivity contribution < 1.29 is 80.2 Å². The number of aliphatic hydroxyl groups excluding tert-OH is 1. The van der Waals surface area contributed by atoms with E-state index >= 15 is 0 Å². The highest BCUT2D eigenvalue weighted by Gasteiger charge is 2.30. The molecule has 0 aliphatic heterocycles. The Labute approximate surface area is 562 Å². The van der Waals surface area contributed by atoms with E-state index in [1.807, 2.05) is 0 Å². The van der Waals surface area contributed by atoms with Gasteiger partial charge in [0.1, 0.15) is 19.3 Å². The number of aliphatic hydroxyl groups is 1. The van der Waals surface area contributed by atoms with Gasteiger partial charge in [-0.15, -0.1) is 0 Å². The first-order chi connectivity index (χ1) is 44.4. The van der Waals surface area contributed by atoms with Crippen LogP contribution in [0.3, 0.4) is 0 Å². The standard InChI is InChI=1S/C73H142O17P2/c1-7-9-11-13-15-17-19-20-21-22-23-26-33-39-45-51-57-72(77)89-68(62-84-71(76)56-50-44-38-32-27-24-25-29-35-41-47-53-65(3)4)63-87-91(79,80)85-59-67(74)60-86-92(81,82)88-64-69(61-83-70(75)55-49-43-37-31-18-16-14-12-10-8-2)90-73(78)58-52-46-40-34-28-30-36-42-48-54-66(5)6/h65-69,74H,7-64H2,1-6H3,(H,79,80)(H,81,82)/t67-,68-,69-/m1/s1. The molecule has 0 bridgehead atoms. The Morgan fingerprint density at radius 1 is 0.293 bits per heavy atom. The minimum atomic E-state index is -4.95. The van der Waals surface area contributed by atoms with Crippen molar-refractivity contribution >= 4 is 39.5 Å². The summed E-state index contributed by atoms with van der Waals surface area (Å²) in [5, 5.41) is 10.6. The van der Waals surface area contributed by atoms with Crippen LogP contribution in [0.25, 0.3) is 0 Å². The largest absolute Gasteiger partial charge is 0.472 e.